The molecule has 0 atom stereocenters. The number of benzene rings is 1. The standard InChI is InChI=1S/C22H31N5O.HI/c1-4-23-22(26(2)17-18-7-9-20(28-3)10-8-18)25-16-19-11-12-24-21(15-19)27-13-5-6-14-27;/h7-12,15H,4-6,13-14,16-17H2,1-3H3,(H,23,25);1H. The highest BCUT2D eigenvalue weighted by Gasteiger charge is 2.13. The van der Waals surface area contributed by atoms with E-state index in [0.717, 1.165) is 43.7 Å². The molecule has 0 radical (unpaired) electrons. The van der Waals surface area contributed by atoms with E-state index in [0.29, 0.717) is 6.54 Å². The van der Waals surface area contributed by atoms with Crippen molar-refractivity contribution in [2.24, 2.45) is 4.99 Å². The number of anilines is 1. The Hall–Kier alpha value is -2.03. The van der Waals surface area contributed by atoms with Crippen LogP contribution in [-0.4, -0.2) is 49.6 Å². The second-order valence-electron chi connectivity index (χ2n) is 7.09. The van der Waals surface area contributed by atoms with E-state index in [1.807, 2.05) is 18.3 Å². The average Bonchev–Trinajstić information content (AvgIpc) is 3.27. The van der Waals surface area contributed by atoms with Crippen LogP contribution in [0, 0.1) is 0 Å². The fraction of sp³-hybridized carbons (Fsp3) is 0.455. The van der Waals surface area contributed by atoms with Crippen molar-refractivity contribution in [1.29, 1.82) is 0 Å². The lowest BCUT2D eigenvalue weighted by Crippen LogP contribution is -2.38. The predicted octanol–water partition coefficient (Wildman–Crippen LogP) is 3.91. The van der Waals surface area contributed by atoms with Gasteiger partial charge in [-0.25, -0.2) is 9.98 Å². The van der Waals surface area contributed by atoms with Crippen molar-refractivity contribution >= 4 is 35.8 Å². The molecule has 0 saturated carbocycles. The summed E-state index contributed by atoms with van der Waals surface area (Å²) in [4.78, 5) is 13.9. The van der Waals surface area contributed by atoms with Gasteiger partial charge in [0.05, 0.1) is 13.7 Å². The van der Waals surface area contributed by atoms with Crippen molar-refractivity contribution in [2.75, 3.05) is 38.7 Å². The third-order valence-corrected chi connectivity index (χ3v) is 4.93. The maximum Gasteiger partial charge on any atom is 0.194 e. The molecule has 29 heavy (non-hydrogen) atoms. The van der Waals surface area contributed by atoms with Gasteiger partial charge >= 0.3 is 0 Å². The van der Waals surface area contributed by atoms with E-state index in [1.165, 1.54) is 24.0 Å². The number of aliphatic imine (C=N–C) groups is 1. The minimum Gasteiger partial charge on any atom is -0.497 e. The smallest absolute Gasteiger partial charge is 0.194 e. The van der Waals surface area contributed by atoms with Gasteiger partial charge in [-0.1, -0.05) is 12.1 Å². The highest BCUT2D eigenvalue weighted by atomic mass is 127. The van der Waals surface area contributed by atoms with Crippen LogP contribution in [0.4, 0.5) is 5.82 Å². The lowest BCUT2D eigenvalue weighted by Gasteiger charge is -2.22. The summed E-state index contributed by atoms with van der Waals surface area (Å²) in [7, 11) is 3.75. The first-order chi connectivity index (χ1) is 13.7. The lowest BCUT2D eigenvalue weighted by molar-refractivity contribution is 0.414. The summed E-state index contributed by atoms with van der Waals surface area (Å²) >= 11 is 0. The monoisotopic (exact) mass is 509 g/mol. The first kappa shape index (κ1) is 23.3. The van der Waals surface area contributed by atoms with Gasteiger partial charge in [0.15, 0.2) is 5.96 Å². The van der Waals surface area contributed by atoms with Crippen LogP contribution >= 0.6 is 24.0 Å². The third-order valence-electron chi connectivity index (χ3n) is 4.93. The predicted molar refractivity (Wildman–Crippen MR) is 130 cm³/mol. The largest absolute Gasteiger partial charge is 0.497 e. The van der Waals surface area contributed by atoms with Crippen molar-refractivity contribution in [3.05, 3.63) is 53.7 Å². The first-order valence-corrected chi connectivity index (χ1v) is 10.0. The van der Waals surface area contributed by atoms with Gasteiger partial charge in [-0.15, -0.1) is 24.0 Å². The van der Waals surface area contributed by atoms with Gasteiger partial charge in [0.25, 0.3) is 0 Å². The van der Waals surface area contributed by atoms with E-state index in [-0.39, 0.29) is 24.0 Å². The number of halogens is 1. The van der Waals surface area contributed by atoms with Gasteiger partial charge < -0.3 is 19.9 Å². The van der Waals surface area contributed by atoms with Crippen LogP contribution in [0.1, 0.15) is 30.9 Å². The van der Waals surface area contributed by atoms with E-state index in [4.69, 9.17) is 9.73 Å². The molecule has 0 bridgehead atoms. The van der Waals surface area contributed by atoms with Gasteiger partial charge in [-0.05, 0) is 55.2 Å². The Balaban J connectivity index is 0.00000300. The van der Waals surface area contributed by atoms with Crippen LogP contribution < -0.4 is 15.0 Å². The number of hydrogen-bond donors (Lipinski definition) is 1. The van der Waals surface area contributed by atoms with Crippen LogP contribution in [0.15, 0.2) is 47.6 Å². The Bertz CT molecular complexity index is 775. The Morgan fingerprint density at radius 1 is 1.17 bits per heavy atom. The maximum atomic E-state index is 5.24. The zero-order valence-corrected chi connectivity index (χ0v) is 19.9. The second kappa shape index (κ2) is 11.8. The van der Waals surface area contributed by atoms with Gasteiger partial charge in [-0.3, -0.25) is 0 Å². The maximum absolute atomic E-state index is 5.24. The molecule has 0 amide bonds. The Kier molecular flexibility index (Phi) is 9.50. The van der Waals surface area contributed by atoms with Crippen molar-refractivity contribution in [2.45, 2.75) is 32.9 Å². The van der Waals surface area contributed by atoms with Crippen LogP contribution in [0.5, 0.6) is 5.75 Å². The van der Waals surface area contributed by atoms with Crippen LogP contribution in [0.25, 0.3) is 0 Å². The third kappa shape index (κ3) is 6.76. The summed E-state index contributed by atoms with van der Waals surface area (Å²) in [5.74, 6) is 2.85. The summed E-state index contributed by atoms with van der Waals surface area (Å²) in [6.07, 6.45) is 4.40. The average molecular weight is 509 g/mol. The van der Waals surface area contributed by atoms with Gasteiger partial charge in [0.2, 0.25) is 0 Å². The van der Waals surface area contributed by atoms with Crippen LogP contribution in [0.3, 0.4) is 0 Å². The molecule has 2 aromatic rings. The molecule has 2 heterocycles. The molecule has 158 valence electrons. The van der Waals surface area contributed by atoms with E-state index >= 15 is 0 Å². The first-order valence-electron chi connectivity index (χ1n) is 10.0. The van der Waals surface area contributed by atoms with Gasteiger partial charge in [0, 0.05) is 39.4 Å². The highest BCUT2D eigenvalue weighted by molar-refractivity contribution is 14.0. The Morgan fingerprint density at radius 2 is 1.90 bits per heavy atom. The quantitative estimate of drug-likeness (QED) is 0.349. The van der Waals surface area contributed by atoms with Gasteiger partial charge in [-0.2, -0.15) is 0 Å². The van der Waals surface area contributed by atoms with E-state index < -0.39 is 0 Å². The number of guanidine groups is 1. The molecule has 1 aromatic heterocycles. The lowest BCUT2D eigenvalue weighted by atomic mass is 10.2. The number of nitrogens with one attached hydrogen (secondary N) is 1. The fourth-order valence-electron chi connectivity index (χ4n) is 3.39. The molecular formula is C22H32IN5O. The fourth-order valence-corrected chi connectivity index (χ4v) is 3.39. The minimum absolute atomic E-state index is 0. The topological polar surface area (TPSA) is 53.0 Å². The summed E-state index contributed by atoms with van der Waals surface area (Å²) in [6.45, 7) is 6.56. The Labute approximate surface area is 191 Å². The molecule has 1 aliphatic rings. The molecule has 7 heteroatoms. The number of ether oxygens (including phenoxy) is 1. The van der Waals surface area contributed by atoms with Crippen molar-refractivity contribution in [3.8, 4) is 5.75 Å². The number of nitrogens with zero attached hydrogens (tertiary/aromatic N) is 4. The van der Waals surface area contributed by atoms with E-state index in [1.54, 1.807) is 7.11 Å². The number of aromatic nitrogens is 1. The second-order valence-corrected chi connectivity index (χ2v) is 7.09. The normalized spacial score (nSPS) is 13.8. The number of methoxy groups -OCH3 is 1. The number of rotatable bonds is 7. The molecule has 6 nitrogen and oxygen atoms in total. The molecule has 1 N–H and O–H groups in total. The molecule has 1 aliphatic heterocycles. The highest BCUT2D eigenvalue weighted by Crippen LogP contribution is 2.19. The molecule has 0 spiro atoms. The van der Waals surface area contributed by atoms with Crippen molar-refractivity contribution in [3.63, 3.8) is 0 Å². The molecule has 0 unspecified atom stereocenters. The van der Waals surface area contributed by atoms with Crippen molar-refractivity contribution < 1.29 is 4.74 Å². The zero-order chi connectivity index (χ0) is 19.8. The SMILES string of the molecule is CCNC(=NCc1ccnc(N2CCCC2)c1)N(C)Cc1ccc(OC)cc1.I. The molecule has 1 aromatic carbocycles. The summed E-state index contributed by atoms with van der Waals surface area (Å²) in [5.41, 5.74) is 2.40. The van der Waals surface area contributed by atoms with Crippen molar-refractivity contribution in [1.82, 2.24) is 15.2 Å². The van der Waals surface area contributed by atoms with Gasteiger partial charge in [0.1, 0.15) is 11.6 Å². The molecule has 0 aliphatic carbocycles. The number of pyridine rings is 1. The summed E-state index contributed by atoms with van der Waals surface area (Å²) in [6, 6.07) is 12.4. The summed E-state index contributed by atoms with van der Waals surface area (Å²) in [5, 5.41) is 3.39. The number of hydrogen-bond acceptors (Lipinski definition) is 4. The summed E-state index contributed by atoms with van der Waals surface area (Å²) < 4.78 is 5.24. The van der Waals surface area contributed by atoms with Crippen LogP contribution in [-0.2, 0) is 13.1 Å². The molecular weight excluding hydrogens is 477 g/mol. The van der Waals surface area contributed by atoms with E-state index in [9.17, 15) is 0 Å². The molecule has 1 saturated heterocycles. The van der Waals surface area contributed by atoms with Crippen LogP contribution in [0.2, 0.25) is 0 Å². The molecule has 1 fully saturated rings. The molecule has 3 rings (SSSR count). The zero-order valence-electron chi connectivity index (χ0n) is 17.6. The minimum atomic E-state index is 0. The van der Waals surface area contributed by atoms with E-state index in [2.05, 4.69) is 58.3 Å². The Morgan fingerprint density at radius 3 is 2.55 bits per heavy atom.